The number of aromatic nitrogens is 1. The molecule has 0 fully saturated rings. The fourth-order valence-electron chi connectivity index (χ4n) is 2.10. The number of para-hydroxylation sites is 1. The monoisotopic (exact) mass is 282 g/mol. The average Bonchev–Trinajstić information content (AvgIpc) is 2.89. The van der Waals surface area contributed by atoms with Crippen molar-refractivity contribution < 1.29 is 4.79 Å². The van der Waals surface area contributed by atoms with E-state index in [0.717, 1.165) is 20.8 Å². The third-order valence-corrected chi connectivity index (χ3v) is 4.21. The predicted molar refractivity (Wildman–Crippen MR) is 81.7 cm³/mol. The second-order valence-electron chi connectivity index (χ2n) is 4.61. The standard InChI is InChI=1S/C16H14N2OS/c17-16(11-6-2-1-3-7-11)13(19)10-15-18-12-8-4-5-9-14(12)20-15/h1-9,16H,10,17H2. The SMILES string of the molecule is NC(C(=O)Cc1nc2ccccc2s1)c1ccccc1. The molecule has 1 atom stereocenters. The number of fused-ring (bicyclic) bond motifs is 1. The van der Waals surface area contributed by atoms with Gasteiger partial charge in [0.1, 0.15) is 5.01 Å². The Bertz CT molecular complexity index is 703. The van der Waals surface area contributed by atoms with Gasteiger partial charge in [-0.1, -0.05) is 42.5 Å². The Balaban J connectivity index is 1.78. The maximum Gasteiger partial charge on any atom is 0.160 e. The van der Waals surface area contributed by atoms with E-state index in [0.29, 0.717) is 0 Å². The van der Waals surface area contributed by atoms with Crippen LogP contribution in [0.4, 0.5) is 0 Å². The zero-order valence-corrected chi connectivity index (χ0v) is 11.6. The van der Waals surface area contributed by atoms with Crippen LogP contribution in [-0.4, -0.2) is 10.8 Å². The van der Waals surface area contributed by atoms with Crippen LogP contribution in [-0.2, 0) is 11.2 Å². The first-order valence-corrected chi connectivity index (χ1v) is 7.23. The summed E-state index contributed by atoms with van der Waals surface area (Å²) in [5.41, 5.74) is 7.79. The van der Waals surface area contributed by atoms with E-state index < -0.39 is 6.04 Å². The Labute approximate surface area is 121 Å². The summed E-state index contributed by atoms with van der Waals surface area (Å²) in [6, 6.07) is 16.7. The molecule has 0 aliphatic heterocycles. The average molecular weight is 282 g/mol. The second-order valence-corrected chi connectivity index (χ2v) is 5.72. The van der Waals surface area contributed by atoms with E-state index in [1.807, 2.05) is 54.6 Å². The molecular weight excluding hydrogens is 268 g/mol. The number of thiazole rings is 1. The third kappa shape index (κ3) is 2.61. The number of rotatable bonds is 4. The van der Waals surface area contributed by atoms with Crippen molar-refractivity contribution in [1.82, 2.24) is 4.98 Å². The van der Waals surface area contributed by atoms with Crippen molar-refractivity contribution in [3.05, 3.63) is 65.2 Å². The van der Waals surface area contributed by atoms with Gasteiger partial charge < -0.3 is 5.73 Å². The molecule has 0 spiro atoms. The molecule has 0 radical (unpaired) electrons. The van der Waals surface area contributed by atoms with Gasteiger partial charge >= 0.3 is 0 Å². The first-order chi connectivity index (χ1) is 9.74. The molecule has 0 aliphatic rings. The Kier molecular flexibility index (Phi) is 3.58. The molecule has 0 aliphatic carbocycles. The summed E-state index contributed by atoms with van der Waals surface area (Å²) in [6.07, 6.45) is 0.287. The second kappa shape index (κ2) is 5.53. The van der Waals surface area contributed by atoms with Crippen molar-refractivity contribution in [2.45, 2.75) is 12.5 Å². The summed E-state index contributed by atoms with van der Waals surface area (Å²) >= 11 is 1.55. The van der Waals surface area contributed by atoms with Crippen molar-refractivity contribution in [2.75, 3.05) is 0 Å². The van der Waals surface area contributed by atoms with Gasteiger partial charge in [0, 0.05) is 0 Å². The molecule has 3 aromatic rings. The van der Waals surface area contributed by atoms with Crippen LogP contribution in [0.25, 0.3) is 10.2 Å². The number of hydrogen-bond acceptors (Lipinski definition) is 4. The zero-order valence-electron chi connectivity index (χ0n) is 10.8. The molecule has 1 unspecified atom stereocenters. The van der Waals surface area contributed by atoms with Crippen LogP contribution in [0, 0.1) is 0 Å². The van der Waals surface area contributed by atoms with Gasteiger partial charge in [0.05, 0.1) is 22.7 Å². The molecule has 4 heteroatoms. The fraction of sp³-hybridized carbons (Fsp3) is 0.125. The lowest BCUT2D eigenvalue weighted by Crippen LogP contribution is -2.22. The number of nitrogens with two attached hydrogens (primary N) is 1. The molecule has 2 N–H and O–H groups in total. The lowest BCUT2D eigenvalue weighted by Gasteiger charge is -2.09. The van der Waals surface area contributed by atoms with E-state index in [9.17, 15) is 4.79 Å². The van der Waals surface area contributed by atoms with Gasteiger partial charge in [-0.25, -0.2) is 4.98 Å². The summed E-state index contributed by atoms with van der Waals surface area (Å²) in [6.45, 7) is 0. The number of hydrogen-bond donors (Lipinski definition) is 1. The van der Waals surface area contributed by atoms with E-state index in [4.69, 9.17) is 5.73 Å². The molecule has 0 bridgehead atoms. The van der Waals surface area contributed by atoms with Crippen LogP contribution in [0.15, 0.2) is 54.6 Å². The highest BCUT2D eigenvalue weighted by atomic mass is 32.1. The highest BCUT2D eigenvalue weighted by Crippen LogP contribution is 2.23. The maximum atomic E-state index is 12.2. The number of carbonyl (C=O) groups excluding carboxylic acids is 1. The number of carbonyl (C=O) groups is 1. The summed E-state index contributed by atoms with van der Waals surface area (Å²) in [5.74, 6) is -0.00439. The number of nitrogens with zero attached hydrogens (tertiary/aromatic N) is 1. The molecule has 0 saturated carbocycles. The van der Waals surface area contributed by atoms with Gasteiger partial charge in [0.2, 0.25) is 0 Å². The summed E-state index contributed by atoms with van der Waals surface area (Å²) in [5, 5.41) is 0.822. The first kappa shape index (κ1) is 13.0. The van der Waals surface area contributed by atoms with Crippen LogP contribution >= 0.6 is 11.3 Å². The first-order valence-electron chi connectivity index (χ1n) is 6.42. The van der Waals surface area contributed by atoms with Crippen LogP contribution in [0.2, 0.25) is 0 Å². The largest absolute Gasteiger partial charge is 0.318 e. The minimum atomic E-state index is -0.580. The molecule has 20 heavy (non-hydrogen) atoms. The smallest absolute Gasteiger partial charge is 0.160 e. The Morgan fingerprint density at radius 2 is 1.80 bits per heavy atom. The predicted octanol–water partition coefficient (Wildman–Crippen LogP) is 3.11. The maximum absolute atomic E-state index is 12.2. The molecular formula is C16H14N2OS. The van der Waals surface area contributed by atoms with Gasteiger partial charge in [-0.15, -0.1) is 11.3 Å². The number of ketones is 1. The van der Waals surface area contributed by atoms with Crippen molar-refractivity contribution in [2.24, 2.45) is 5.73 Å². The molecule has 0 saturated heterocycles. The fourth-order valence-corrected chi connectivity index (χ4v) is 3.08. The molecule has 3 rings (SSSR count). The number of benzene rings is 2. The van der Waals surface area contributed by atoms with Gasteiger partial charge in [0.25, 0.3) is 0 Å². The third-order valence-electron chi connectivity index (χ3n) is 3.17. The van der Waals surface area contributed by atoms with Crippen LogP contribution in [0.3, 0.4) is 0 Å². The van der Waals surface area contributed by atoms with Crippen molar-refractivity contribution >= 4 is 27.3 Å². The van der Waals surface area contributed by atoms with Crippen molar-refractivity contribution in [1.29, 1.82) is 0 Å². The molecule has 100 valence electrons. The van der Waals surface area contributed by atoms with Gasteiger partial charge in [-0.2, -0.15) is 0 Å². The Hall–Kier alpha value is -2.04. The van der Waals surface area contributed by atoms with Gasteiger partial charge in [0.15, 0.2) is 5.78 Å². The van der Waals surface area contributed by atoms with E-state index in [1.165, 1.54) is 0 Å². The summed E-state index contributed by atoms with van der Waals surface area (Å²) in [7, 11) is 0. The Morgan fingerprint density at radius 1 is 1.10 bits per heavy atom. The van der Waals surface area contributed by atoms with Gasteiger partial charge in [-0.3, -0.25) is 4.79 Å². The molecule has 1 heterocycles. The van der Waals surface area contributed by atoms with Crippen LogP contribution < -0.4 is 5.73 Å². The van der Waals surface area contributed by atoms with E-state index in [2.05, 4.69) is 4.98 Å². The molecule has 0 amide bonds. The minimum absolute atomic E-state index is 0.00439. The number of Topliss-reactive ketones (excluding diaryl/α,β-unsaturated/α-hetero) is 1. The Morgan fingerprint density at radius 3 is 2.55 bits per heavy atom. The highest BCUT2D eigenvalue weighted by molar-refractivity contribution is 7.18. The molecule has 2 aromatic carbocycles. The van der Waals surface area contributed by atoms with E-state index in [-0.39, 0.29) is 12.2 Å². The topological polar surface area (TPSA) is 56.0 Å². The highest BCUT2D eigenvalue weighted by Gasteiger charge is 2.17. The normalized spacial score (nSPS) is 12.4. The van der Waals surface area contributed by atoms with Crippen molar-refractivity contribution in [3.8, 4) is 0 Å². The summed E-state index contributed by atoms with van der Waals surface area (Å²) < 4.78 is 1.10. The quantitative estimate of drug-likeness (QED) is 0.800. The zero-order chi connectivity index (χ0) is 13.9. The minimum Gasteiger partial charge on any atom is -0.318 e. The summed E-state index contributed by atoms with van der Waals surface area (Å²) in [4.78, 5) is 16.7. The van der Waals surface area contributed by atoms with Crippen LogP contribution in [0.5, 0.6) is 0 Å². The van der Waals surface area contributed by atoms with Gasteiger partial charge in [-0.05, 0) is 17.7 Å². The molecule has 3 nitrogen and oxygen atoms in total. The van der Waals surface area contributed by atoms with E-state index in [1.54, 1.807) is 11.3 Å². The lowest BCUT2D eigenvalue weighted by atomic mass is 10.0. The molecule has 1 aromatic heterocycles. The lowest BCUT2D eigenvalue weighted by molar-refractivity contribution is -0.119. The van der Waals surface area contributed by atoms with E-state index >= 15 is 0 Å². The van der Waals surface area contributed by atoms with Crippen LogP contribution in [0.1, 0.15) is 16.6 Å². The van der Waals surface area contributed by atoms with Crippen molar-refractivity contribution in [3.63, 3.8) is 0 Å².